The summed E-state index contributed by atoms with van der Waals surface area (Å²) in [6, 6.07) is 6.11. The Hall–Kier alpha value is -2.85. The Labute approximate surface area is 226 Å². The van der Waals surface area contributed by atoms with Crippen LogP contribution in [0.5, 0.6) is 5.75 Å². The van der Waals surface area contributed by atoms with Gasteiger partial charge in [-0.25, -0.2) is 4.79 Å². The molecule has 1 aliphatic rings. The highest BCUT2D eigenvalue weighted by Crippen LogP contribution is 2.38. The fourth-order valence-electron chi connectivity index (χ4n) is 4.70. The van der Waals surface area contributed by atoms with Gasteiger partial charge in [0.05, 0.1) is 18.4 Å². The van der Waals surface area contributed by atoms with Gasteiger partial charge in [0.25, 0.3) is 0 Å². The number of thioether (sulfide) groups is 1. The molecule has 2 aromatic heterocycles. The first-order valence-corrected chi connectivity index (χ1v) is 14.4. The summed E-state index contributed by atoms with van der Waals surface area (Å²) in [6.45, 7) is 8.70. The number of rotatable bonds is 9. The number of fused-ring (bicyclic) bond motifs is 1. The molecule has 0 fully saturated rings. The quantitative estimate of drug-likeness (QED) is 0.204. The number of aromatic nitrogens is 3. The number of aryl methyl sites for hydroxylation is 3. The predicted molar refractivity (Wildman–Crippen MR) is 147 cm³/mol. The molecule has 4 rings (SSSR count). The highest BCUT2D eigenvalue weighted by atomic mass is 32.2. The van der Waals surface area contributed by atoms with Crippen LogP contribution in [-0.4, -0.2) is 39.5 Å². The number of esters is 1. The van der Waals surface area contributed by atoms with Gasteiger partial charge in [-0.3, -0.25) is 4.79 Å². The summed E-state index contributed by atoms with van der Waals surface area (Å²) in [5, 5.41) is 12.9. The lowest BCUT2D eigenvalue weighted by molar-refractivity contribution is -0.113. The minimum Gasteiger partial charge on any atom is -0.483 e. The topological polar surface area (TPSA) is 95.3 Å². The van der Waals surface area contributed by atoms with Crippen LogP contribution in [0.15, 0.2) is 23.4 Å². The summed E-state index contributed by atoms with van der Waals surface area (Å²) in [6.07, 6.45) is 4.75. The molecule has 0 bridgehead atoms. The minimum absolute atomic E-state index is 0.146. The molecular formula is C27H34N4O4S2. The Morgan fingerprint density at radius 1 is 1.14 bits per heavy atom. The molecule has 37 heavy (non-hydrogen) atoms. The van der Waals surface area contributed by atoms with Gasteiger partial charge in [-0.2, -0.15) is 0 Å². The van der Waals surface area contributed by atoms with Gasteiger partial charge in [-0.15, -0.1) is 21.5 Å². The van der Waals surface area contributed by atoms with E-state index in [4.69, 9.17) is 9.47 Å². The van der Waals surface area contributed by atoms with Gasteiger partial charge in [-0.05, 0) is 82.2 Å². The number of thiophene rings is 1. The van der Waals surface area contributed by atoms with E-state index in [0.717, 1.165) is 54.5 Å². The maximum atomic E-state index is 12.9. The van der Waals surface area contributed by atoms with Gasteiger partial charge in [0.15, 0.2) is 17.1 Å². The number of nitrogens with zero attached hydrogens (tertiary/aromatic N) is 3. The average Bonchev–Trinajstić information content (AvgIpc) is 3.34. The lowest BCUT2D eigenvalue weighted by Crippen LogP contribution is -2.17. The molecule has 2 heterocycles. The van der Waals surface area contributed by atoms with Gasteiger partial charge in [0, 0.05) is 11.4 Å². The summed E-state index contributed by atoms with van der Waals surface area (Å²) in [7, 11) is 1.38. The van der Waals surface area contributed by atoms with Crippen molar-refractivity contribution in [2.45, 2.75) is 77.6 Å². The second kappa shape index (κ2) is 12.1. The zero-order valence-corrected chi connectivity index (χ0v) is 23.7. The van der Waals surface area contributed by atoms with Crippen LogP contribution in [0.4, 0.5) is 5.00 Å². The van der Waals surface area contributed by atoms with E-state index in [0.29, 0.717) is 28.1 Å². The highest BCUT2D eigenvalue weighted by molar-refractivity contribution is 7.99. The number of benzene rings is 1. The molecule has 0 saturated carbocycles. The molecule has 1 unspecified atom stereocenters. The van der Waals surface area contributed by atoms with Crippen LogP contribution in [0, 0.1) is 13.8 Å². The van der Waals surface area contributed by atoms with E-state index in [9.17, 15) is 9.59 Å². The molecule has 0 spiro atoms. The van der Waals surface area contributed by atoms with Crippen molar-refractivity contribution >= 4 is 40.0 Å². The van der Waals surface area contributed by atoms with Crippen molar-refractivity contribution in [3.8, 4) is 5.75 Å². The van der Waals surface area contributed by atoms with Crippen molar-refractivity contribution in [3.05, 3.63) is 51.2 Å². The number of nitrogens with one attached hydrogen (secondary N) is 1. The van der Waals surface area contributed by atoms with Crippen molar-refractivity contribution in [3.63, 3.8) is 0 Å². The SMILES string of the molecule is CCn1c(SCC(=O)Nc2sc3c(c2C(=O)OC)CCCCC3)nnc1C(C)Oc1cc(C)cc(C)c1. The zero-order chi connectivity index (χ0) is 26.5. The summed E-state index contributed by atoms with van der Waals surface area (Å²) >= 11 is 2.81. The third-order valence-electron chi connectivity index (χ3n) is 6.33. The number of amides is 1. The first kappa shape index (κ1) is 27.2. The molecule has 3 aromatic rings. The Morgan fingerprint density at radius 2 is 1.86 bits per heavy atom. The Bertz CT molecular complexity index is 1260. The van der Waals surface area contributed by atoms with Crippen molar-refractivity contribution in [1.29, 1.82) is 0 Å². The van der Waals surface area contributed by atoms with E-state index in [1.807, 2.05) is 44.4 Å². The van der Waals surface area contributed by atoms with E-state index >= 15 is 0 Å². The Kier molecular flexibility index (Phi) is 8.91. The van der Waals surface area contributed by atoms with Crippen LogP contribution in [0.25, 0.3) is 0 Å². The van der Waals surface area contributed by atoms with Crippen LogP contribution >= 0.6 is 23.1 Å². The second-order valence-electron chi connectivity index (χ2n) is 9.27. The normalized spacial score (nSPS) is 14.0. The summed E-state index contributed by atoms with van der Waals surface area (Å²) in [4.78, 5) is 26.6. The van der Waals surface area contributed by atoms with Crippen LogP contribution in [0.2, 0.25) is 0 Å². The second-order valence-corrected chi connectivity index (χ2v) is 11.3. The maximum absolute atomic E-state index is 12.9. The standard InChI is InChI=1S/C27H34N4O4S2/c1-6-31-24(18(4)35-19-13-16(2)12-17(3)14-19)29-30-27(31)36-15-22(32)28-25-23(26(33)34-5)20-10-8-7-9-11-21(20)37-25/h12-14,18H,6-11,15H2,1-5H3,(H,28,32). The third-order valence-corrected chi connectivity index (χ3v) is 8.50. The van der Waals surface area contributed by atoms with Crippen LogP contribution in [-0.2, 0) is 28.9 Å². The molecular weight excluding hydrogens is 508 g/mol. The largest absolute Gasteiger partial charge is 0.483 e. The number of hydrogen-bond donors (Lipinski definition) is 1. The van der Waals surface area contributed by atoms with Crippen LogP contribution < -0.4 is 10.1 Å². The van der Waals surface area contributed by atoms with E-state index in [1.54, 1.807) is 0 Å². The molecule has 8 nitrogen and oxygen atoms in total. The maximum Gasteiger partial charge on any atom is 0.341 e. The van der Waals surface area contributed by atoms with E-state index in [-0.39, 0.29) is 17.8 Å². The van der Waals surface area contributed by atoms with Gasteiger partial charge >= 0.3 is 5.97 Å². The Morgan fingerprint density at radius 3 is 2.57 bits per heavy atom. The first-order chi connectivity index (χ1) is 17.8. The number of methoxy groups -OCH3 is 1. The van der Waals surface area contributed by atoms with Crippen molar-refractivity contribution in [1.82, 2.24) is 14.8 Å². The van der Waals surface area contributed by atoms with Gasteiger partial charge in [0.1, 0.15) is 10.8 Å². The molecule has 1 aliphatic carbocycles. The fraction of sp³-hybridized carbons (Fsp3) is 0.481. The van der Waals surface area contributed by atoms with Gasteiger partial charge in [-0.1, -0.05) is 24.2 Å². The molecule has 1 atom stereocenters. The highest BCUT2D eigenvalue weighted by Gasteiger charge is 2.26. The number of ether oxygens (including phenoxy) is 2. The smallest absolute Gasteiger partial charge is 0.341 e. The molecule has 198 valence electrons. The molecule has 1 amide bonds. The molecule has 0 radical (unpaired) electrons. The number of carbonyl (C=O) groups is 2. The van der Waals surface area contributed by atoms with Crippen molar-refractivity contribution < 1.29 is 19.1 Å². The molecule has 0 saturated heterocycles. The van der Waals surface area contributed by atoms with E-state index in [2.05, 4.69) is 21.6 Å². The number of carbonyl (C=O) groups excluding carboxylic acids is 2. The van der Waals surface area contributed by atoms with E-state index < -0.39 is 5.97 Å². The van der Waals surface area contributed by atoms with Crippen LogP contribution in [0.3, 0.4) is 0 Å². The van der Waals surface area contributed by atoms with Crippen molar-refractivity contribution in [2.24, 2.45) is 0 Å². The minimum atomic E-state index is -0.393. The van der Waals surface area contributed by atoms with Gasteiger partial charge in [0.2, 0.25) is 5.91 Å². The third kappa shape index (κ3) is 6.35. The zero-order valence-electron chi connectivity index (χ0n) is 22.1. The predicted octanol–water partition coefficient (Wildman–Crippen LogP) is 5.90. The molecule has 1 aromatic carbocycles. The monoisotopic (exact) mass is 542 g/mol. The number of anilines is 1. The summed E-state index contributed by atoms with van der Waals surface area (Å²) in [5.74, 6) is 1.06. The molecule has 1 N–H and O–H groups in total. The van der Waals surface area contributed by atoms with Crippen molar-refractivity contribution in [2.75, 3.05) is 18.2 Å². The summed E-state index contributed by atoms with van der Waals surface area (Å²) in [5.41, 5.74) is 3.82. The lowest BCUT2D eigenvalue weighted by Gasteiger charge is -2.16. The number of hydrogen-bond acceptors (Lipinski definition) is 8. The lowest BCUT2D eigenvalue weighted by atomic mass is 10.1. The first-order valence-electron chi connectivity index (χ1n) is 12.6. The molecule has 0 aliphatic heterocycles. The fourth-order valence-corrected chi connectivity index (χ4v) is 6.81. The Balaban J connectivity index is 1.44. The summed E-state index contributed by atoms with van der Waals surface area (Å²) < 4.78 is 13.2. The van der Waals surface area contributed by atoms with Gasteiger partial charge < -0.3 is 19.4 Å². The van der Waals surface area contributed by atoms with E-state index in [1.165, 1.54) is 35.1 Å². The average molecular weight is 543 g/mol. The molecule has 10 heteroatoms. The van der Waals surface area contributed by atoms with Crippen LogP contribution in [0.1, 0.15) is 77.0 Å².